The average Bonchev–Trinajstić information content (AvgIpc) is 0.789. The summed E-state index contributed by atoms with van der Waals surface area (Å²) in [5.74, 6) is 0. The van der Waals surface area contributed by atoms with Crippen molar-refractivity contribution in [3.63, 3.8) is 0 Å². The molecule has 0 aliphatic rings. The number of rotatable bonds is 10. The van der Waals surface area contributed by atoms with Crippen LogP contribution in [-0.2, 0) is 30.9 Å². The minimum absolute atomic E-state index is 0.0483. The highest BCUT2D eigenvalue weighted by Gasteiger charge is 2.38. The molecule has 0 atom stereocenters. The fraction of sp³-hybridized carbons (Fsp3) is 0.100. The van der Waals surface area contributed by atoms with Gasteiger partial charge in [-0.3, -0.25) is 0 Å². The second-order valence-corrected chi connectivity index (χ2v) is 26.6. The SMILES string of the molecule is Brc1cccc(-c2cc(-c3cccc(Br)c3)cc(-c3cccc(Br)c3)c2)c1.Cc1cc(-c2cccc(-c3cc(-c4cccc(-c5cc(C)cc(C(F)(F)F)c5)c4)cc(-c4cccc(-c5cc(C(F)(F)F)cc(C(F)(F)F)c5)c4)c3)c2)cc(C(F)(F)F)c1.Cc1cc(B(O)O)cc(C(F)(F)F)c1. The summed E-state index contributed by atoms with van der Waals surface area (Å²) in [4.78, 5) is 0. The van der Waals surface area contributed by atoms with Crippen LogP contribution >= 0.6 is 47.8 Å². The van der Waals surface area contributed by atoms with Crippen LogP contribution in [0.3, 0.4) is 0 Å². The van der Waals surface area contributed by atoms with Crippen molar-refractivity contribution in [2.24, 2.45) is 0 Å². The molecule has 0 spiro atoms. The van der Waals surface area contributed by atoms with Crippen LogP contribution in [0.25, 0.3) is 100 Å². The van der Waals surface area contributed by atoms with Crippen molar-refractivity contribution in [3.8, 4) is 100 Å². The molecule has 0 bridgehead atoms. The summed E-state index contributed by atoms with van der Waals surface area (Å²) in [5.41, 5.74) is 6.93. The normalized spacial score (nSPS) is 11.9. The van der Waals surface area contributed by atoms with Crippen LogP contribution in [0.2, 0.25) is 0 Å². The van der Waals surface area contributed by atoms with Crippen molar-refractivity contribution in [2.45, 2.75) is 51.7 Å². The van der Waals surface area contributed by atoms with Gasteiger partial charge in [0.25, 0.3) is 0 Å². The first-order valence-corrected chi connectivity index (χ1v) is 32.9. The Morgan fingerprint density at radius 3 is 0.644 bits per heavy atom. The fourth-order valence-electron chi connectivity index (χ4n) is 11.4. The first kappa shape index (κ1) is 74.7. The Labute approximate surface area is 597 Å². The van der Waals surface area contributed by atoms with Gasteiger partial charge in [-0.25, -0.2) is 0 Å². The maximum Gasteiger partial charge on any atom is 0.488 e. The first-order valence-electron chi connectivity index (χ1n) is 30.5. The number of hydrogen-bond acceptors (Lipinski definition) is 2. The Hall–Kier alpha value is -8.99. The Balaban J connectivity index is 0.000000218. The molecule has 0 aromatic heterocycles. The lowest BCUT2D eigenvalue weighted by atomic mass is 9.78. The lowest BCUT2D eigenvalue weighted by Gasteiger charge is -2.16. The second-order valence-electron chi connectivity index (χ2n) is 23.8. The van der Waals surface area contributed by atoms with E-state index in [0.29, 0.717) is 84.5 Å². The van der Waals surface area contributed by atoms with Gasteiger partial charge in [-0.2, -0.15) is 65.9 Å². The maximum atomic E-state index is 13.8. The van der Waals surface area contributed by atoms with Crippen molar-refractivity contribution in [1.82, 2.24) is 0 Å². The average molecular weight is 1580 g/mol. The van der Waals surface area contributed by atoms with Gasteiger partial charge in [-0.05, 0) is 277 Å². The number of hydrogen-bond donors (Lipinski definition) is 2. The molecule has 514 valence electrons. The van der Waals surface area contributed by atoms with Gasteiger partial charge in [-0.1, -0.05) is 169 Å². The number of benzene rings is 12. The number of halogens is 18. The van der Waals surface area contributed by atoms with Crippen LogP contribution in [-0.4, -0.2) is 17.2 Å². The van der Waals surface area contributed by atoms with Gasteiger partial charge in [0, 0.05) is 13.4 Å². The predicted octanol–water partition coefficient (Wildman–Crippen LogP) is 26.0. The second kappa shape index (κ2) is 30.3. The smallest absolute Gasteiger partial charge is 0.423 e. The van der Waals surface area contributed by atoms with Crippen molar-refractivity contribution < 1.29 is 75.9 Å². The fourth-order valence-corrected chi connectivity index (χ4v) is 12.6. The minimum Gasteiger partial charge on any atom is -0.423 e. The molecule has 2 nitrogen and oxygen atoms in total. The zero-order valence-electron chi connectivity index (χ0n) is 53.0. The maximum absolute atomic E-state index is 13.8. The van der Waals surface area contributed by atoms with E-state index in [2.05, 4.69) is 139 Å². The van der Waals surface area contributed by atoms with Gasteiger partial charge in [0.15, 0.2) is 0 Å². The van der Waals surface area contributed by atoms with E-state index in [1.807, 2.05) is 0 Å². The molecule has 12 aromatic carbocycles. The third-order valence-electron chi connectivity index (χ3n) is 16.0. The van der Waals surface area contributed by atoms with Gasteiger partial charge in [0.1, 0.15) is 0 Å². The zero-order chi connectivity index (χ0) is 73.1. The molecule has 0 amide bonds. The van der Waals surface area contributed by atoms with Crippen molar-refractivity contribution in [2.75, 3.05) is 0 Å². The molecule has 2 N–H and O–H groups in total. The molecule has 0 aliphatic carbocycles. The van der Waals surface area contributed by atoms with E-state index in [1.54, 1.807) is 98.8 Å². The highest BCUT2D eigenvalue weighted by atomic mass is 79.9. The molecule has 21 heteroatoms. The molecular formula is C80H53BBr3F15O2. The summed E-state index contributed by atoms with van der Waals surface area (Å²) >= 11 is 10.8. The highest BCUT2D eigenvalue weighted by molar-refractivity contribution is 9.11. The Bertz CT molecular complexity index is 4710. The van der Waals surface area contributed by atoms with Gasteiger partial charge >= 0.3 is 38.0 Å². The van der Waals surface area contributed by atoms with E-state index >= 15 is 0 Å². The minimum atomic E-state index is -5.07. The largest absolute Gasteiger partial charge is 0.488 e. The Kier molecular flexibility index (Phi) is 22.4. The quantitative estimate of drug-likeness (QED) is 0.106. The Morgan fingerprint density at radius 1 is 0.218 bits per heavy atom. The van der Waals surface area contributed by atoms with E-state index in [1.165, 1.54) is 64.6 Å². The number of alkyl halides is 15. The van der Waals surface area contributed by atoms with Crippen LogP contribution < -0.4 is 5.46 Å². The van der Waals surface area contributed by atoms with Crippen LogP contribution in [0.4, 0.5) is 65.9 Å². The first-order chi connectivity index (χ1) is 47.4. The van der Waals surface area contributed by atoms with Crippen LogP contribution in [0.1, 0.15) is 44.5 Å². The Morgan fingerprint density at radius 2 is 0.406 bits per heavy atom. The van der Waals surface area contributed by atoms with Crippen LogP contribution in [0.15, 0.2) is 268 Å². The molecule has 0 radical (unpaired) electrons. The van der Waals surface area contributed by atoms with E-state index in [4.69, 9.17) is 10.0 Å². The molecular weight excluding hydrogens is 1530 g/mol. The summed E-state index contributed by atoms with van der Waals surface area (Å²) in [6.07, 6.45) is -23.8. The molecule has 0 heterocycles. The standard InChI is InChI=1S/C48H30F12.C24H15Br3.C8H8BF3O2/c1-27-12-35(22-41(14-27)45(49,50)51)29-6-3-8-31(16-29)37-19-38(32-9-4-7-30(17-32)36-13-28(2)15-42(23-36)46(52,53)54)21-39(20-37)33-10-5-11-34(18-33)40-24-43(47(55,56)57)26-44(25-40)48(58,59)60;25-22-7-1-4-16(13-22)19-10-20(17-5-2-8-23(26)14-17)12-21(11-19)18-6-3-9-24(27)15-18;1-5-2-6(8(10,11)12)4-7(3-5)9(13)14/h3-26H,1-2H3;1-15H;2-4,13-14H,1H3. The zero-order valence-corrected chi connectivity index (χ0v) is 57.8. The molecule has 0 aliphatic heterocycles. The van der Waals surface area contributed by atoms with Crippen LogP contribution in [0, 0.1) is 20.8 Å². The van der Waals surface area contributed by atoms with E-state index < -0.39 is 65.8 Å². The van der Waals surface area contributed by atoms with Gasteiger partial charge < -0.3 is 10.0 Å². The summed E-state index contributed by atoms with van der Waals surface area (Å²) in [7, 11) is -1.88. The number of aryl methyl sites for hydroxylation is 3. The van der Waals surface area contributed by atoms with Crippen molar-refractivity contribution >= 4 is 60.4 Å². The van der Waals surface area contributed by atoms with Gasteiger partial charge in [0.05, 0.1) is 27.8 Å². The third kappa shape index (κ3) is 19.4. The molecule has 0 fully saturated rings. The van der Waals surface area contributed by atoms with E-state index in [9.17, 15) is 65.9 Å². The summed E-state index contributed by atoms with van der Waals surface area (Å²) < 4.78 is 205. The predicted molar refractivity (Wildman–Crippen MR) is 380 cm³/mol. The topological polar surface area (TPSA) is 40.5 Å². The highest BCUT2D eigenvalue weighted by Crippen LogP contribution is 2.44. The van der Waals surface area contributed by atoms with Crippen molar-refractivity contribution in [1.29, 1.82) is 0 Å². The summed E-state index contributed by atoms with van der Waals surface area (Å²) in [5, 5.41) is 17.5. The summed E-state index contributed by atoms with van der Waals surface area (Å²) in [6.45, 7) is 4.55. The molecule has 0 unspecified atom stereocenters. The third-order valence-corrected chi connectivity index (χ3v) is 17.5. The van der Waals surface area contributed by atoms with E-state index in [-0.39, 0.29) is 22.7 Å². The summed E-state index contributed by atoms with van der Waals surface area (Å²) in [6, 6.07) is 68.4. The lowest BCUT2D eigenvalue weighted by molar-refractivity contribution is -0.143. The lowest BCUT2D eigenvalue weighted by Crippen LogP contribution is -2.31. The van der Waals surface area contributed by atoms with Gasteiger partial charge in [-0.15, -0.1) is 0 Å². The van der Waals surface area contributed by atoms with E-state index in [0.717, 1.165) is 49.8 Å². The van der Waals surface area contributed by atoms with Gasteiger partial charge in [0.2, 0.25) is 0 Å². The molecule has 101 heavy (non-hydrogen) atoms. The van der Waals surface area contributed by atoms with Crippen LogP contribution in [0.5, 0.6) is 0 Å². The molecule has 0 saturated carbocycles. The monoisotopic (exact) mass is 1580 g/mol. The molecule has 12 rings (SSSR count). The van der Waals surface area contributed by atoms with Crippen molar-refractivity contribution in [3.05, 3.63) is 313 Å². The molecule has 0 saturated heterocycles. The molecule has 12 aromatic rings.